The van der Waals surface area contributed by atoms with Gasteiger partial charge in [-0.1, -0.05) is 30.3 Å². The lowest BCUT2D eigenvalue weighted by Gasteiger charge is -2.23. The van der Waals surface area contributed by atoms with Crippen LogP contribution in [-0.4, -0.2) is 53.6 Å². The Morgan fingerprint density at radius 3 is 2.53 bits per heavy atom. The van der Waals surface area contributed by atoms with E-state index in [2.05, 4.69) is 10.3 Å². The van der Waals surface area contributed by atoms with Crippen molar-refractivity contribution >= 4 is 34.9 Å². The fraction of sp³-hybridized carbons (Fsp3) is 0.261. The molecule has 7 nitrogen and oxygen atoms in total. The Kier molecular flexibility index (Phi) is 6.96. The summed E-state index contributed by atoms with van der Waals surface area (Å²) in [6.45, 7) is 0.318. The summed E-state index contributed by atoms with van der Waals surface area (Å²) in [5.41, 5.74) is 2.27. The molecule has 1 aromatic heterocycles. The van der Waals surface area contributed by atoms with Gasteiger partial charge in [-0.15, -0.1) is 23.1 Å². The van der Waals surface area contributed by atoms with Gasteiger partial charge >= 0.3 is 0 Å². The number of rotatable bonds is 7. The van der Waals surface area contributed by atoms with E-state index in [1.807, 2.05) is 35.7 Å². The van der Waals surface area contributed by atoms with Crippen LogP contribution in [0.2, 0.25) is 0 Å². The maximum atomic E-state index is 13.1. The van der Waals surface area contributed by atoms with Crippen LogP contribution in [0.15, 0.2) is 53.9 Å². The molecule has 2 heterocycles. The molecule has 2 aromatic carbocycles. The molecule has 1 atom stereocenters. The van der Waals surface area contributed by atoms with Crippen LogP contribution in [0.4, 0.5) is 0 Å². The van der Waals surface area contributed by atoms with E-state index < -0.39 is 6.04 Å². The second-order valence-corrected chi connectivity index (χ2v) is 8.98. The van der Waals surface area contributed by atoms with Gasteiger partial charge in [0.25, 0.3) is 5.91 Å². The molecule has 166 valence electrons. The zero-order chi connectivity index (χ0) is 22.5. The van der Waals surface area contributed by atoms with Crippen LogP contribution >= 0.6 is 23.1 Å². The lowest BCUT2D eigenvalue weighted by molar-refractivity contribution is -0.124. The Balaban J connectivity index is 1.42. The fourth-order valence-corrected chi connectivity index (χ4v) is 5.33. The number of benzene rings is 2. The van der Waals surface area contributed by atoms with Gasteiger partial charge in [0.05, 0.1) is 32.3 Å². The first-order valence-electron chi connectivity index (χ1n) is 9.98. The highest BCUT2D eigenvalue weighted by Gasteiger charge is 2.35. The Bertz CT molecular complexity index is 1080. The van der Waals surface area contributed by atoms with Gasteiger partial charge in [0.1, 0.15) is 22.5 Å². The van der Waals surface area contributed by atoms with E-state index in [1.54, 1.807) is 46.2 Å². The Labute approximate surface area is 194 Å². The summed E-state index contributed by atoms with van der Waals surface area (Å²) in [6, 6.07) is 14.4. The molecule has 1 N–H and O–H groups in total. The van der Waals surface area contributed by atoms with Crippen molar-refractivity contribution in [3.8, 4) is 22.1 Å². The normalized spacial score (nSPS) is 15.4. The van der Waals surface area contributed by atoms with E-state index in [4.69, 9.17) is 9.47 Å². The third-order valence-corrected chi connectivity index (χ3v) is 7.01. The van der Waals surface area contributed by atoms with E-state index in [0.717, 1.165) is 16.3 Å². The van der Waals surface area contributed by atoms with E-state index in [1.165, 1.54) is 14.2 Å². The first-order valence-corrected chi connectivity index (χ1v) is 12.0. The van der Waals surface area contributed by atoms with Crippen molar-refractivity contribution in [1.29, 1.82) is 0 Å². The van der Waals surface area contributed by atoms with Crippen LogP contribution in [0.3, 0.4) is 0 Å². The van der Waals surface area contributed by atoms with Gasteiger partial charge < -0.3 is 19.7 Å². The maximum Gasteiger partial charge on any atom is 0.255 e. The highest BCUT2D eigenvalue weighted by molar-refractivity contribution is 7.99. The largest absolute Gasteiger partial charge is 0.497 e. The number of carbonyl (C=O) groups is 2. The van der Waals surface area contributed by atoms with Gasteiger partial charge in [0.15, 0.2) is 0 Å². The van der Waals surface area contributed by atoms with E-state index >= 15 is 0 Å². The standard InChI is InChI=1S/C23H23N3O4S2/c1-29-18-8-16(9-19(10-18)30-2)23(28)26-14-31-13-20(26)21(27)24-11-17-12-32-22(25-17)15-6-4-3-5-7-15/h3-10,12,20H,11,13-14H2,1-2H3,(H,24,27)/t20-/m1/s1. The summed E-state index contributed by atoms with van der Waals surface area (Å²) in [7, 11) is 3.07. The number of amides is 2. The number of hydrogen-bond donors (Lipinski definition) is 1. The molecule has 0 bridgehead atoms. The highest BCUT2D eigenvalue weighted by atomic mass is 32.2. The molecule has 32 heavy (non-hydrogen) atoms. The van der Waals surface area contributed by atoms with Gasteiger partial charge in [-0.3, -0.25) is 9.59 Å². The number of ether oxygens (including phenoxy) is 2. The van der Waals surface area contributed by atoms with Crippen molar-refractivity contribution in [1.82, 2.24) is 15.2 Å². The lowest BCUT2D eigenvalue weighted by atomic mass is 10.1. The molecule has 1 aliphatic rings. The number of nitrogens with one attached hydrogen (secondary N) is 1. The molecule has 0 saturated carbocycles. The van der Waals surface area contributed by atoms with Gasteiger partial charge in [-0.2, -0.15) is 0 Å². The number of nitrogens with zero attached hydrogens (tertiary/aromatic N) is 2. The molecule has 2 amide bonds. The van der Waals surface area contributed by atoms with Crippen LogP contribution in [0.25, 0.3) is 10.6 Å². The van der Waals surface area contributed by atoms with Crippen molar-refractivity contribution in [3.63, 3.8) is 0 Å². The van der Waals surface area contributed by atoms with E-state index in [9.17, 15) is 9.59 Å². The second-order valence-electron chi connectivity index (χ2n) is 7.12. The van der Waals surface area contributed by atoms with Crippen LogP contribution < -0.4 is 14.8 Å². The van der Waals surface area contributed by atoms with Crippen molar-refractivity contribution in [2.45, 2.75) is 12.6 Å². The summed E-state index contributed by atoms with van der Waals surface area (Å²) in [6.07, 6.45) is 0. The molecule has 0 spiro atoms. The number of methoxy groups -OCH3 is 2. The average Bonchev–Trinajstić information content (AvgIpc) is 3.52. The summed E-state index contributed by atoms with van der Waals surface area (Å²) < 4.78 is 10.5. The van der Waals surface area contributed by atoms with Crippen LogP contribution in [0, 0.1) is 0 Å². The molecule has 3 aromatic rings. The molecule has 4 rings (SSSR count). The number of thiazole rings is 1. The zero-order valence-corrected chi connectivity index (χ0v) is 19.4. The van der Waals surface area contributed by atoms with Crippen molar-refractivity contribution < 1.29 is 19.1 Å². The quantitative estimate of drug-likeness (QED) is 0.569. The predicted molar refractivity (Wildman–Crippen MR) is 126 cm³/mol. The van der Waals surface area contributed by atoms with Crippen LogP contribution in [0.5, 0.6) is 11.5 Å². The number of thioether (sulfide) groups is 1. The van der Waals surface area contributed by atoms with Crippen LogP contribution in [-0.2, 0) is 11.3 Å². The molecule has 9 heteroatoms. The minimum Gasteiger partial charge on any atom is -0.497 e. The first-order chi connectivity index (χ1) is 15.6. The van der Waals surface area contributed by atoms with Gasteiger partial charge in [0.2, 0.25) is 5.91 Å². The topological polar surface area (TPSA) is 80.8 Å². The molecule has 1 saturated heterocycles. The van der Waals surface area contributed by atoms with Gasteiger partial charge in [-0.05, 0) is 12.1 Å². The summed E-state index contributed by atoms with van der Waals surface area (Å²) in [5, 5.41) is 5.79. The molecule has 0 aliphatic carbocycles. The van der Waals surface area contributed by atoms with Crippen LogP contribution in [0.1, 0.15) is 16.1 Å². The Morgan fingerprint density at radius 1 is 1.12 bits per heavy atom. The molecular weight excluding hydrogens is 446 g/mol. The second kappa shape index (κ2) is 10.1. The predicted octanol–water partition coefficient (Wildman–Crippen LogP) is 3.66. The monoisotopic (exact) mass is 469 g/mol. The Morgan fingerprint density at radius 2 is 1.84 bits per heavy atom. The van der Waals surface area contributed by atoms with E-state index in [-0.39, 0.29) is 11.8 Å². The van der Waals surface area contributed by atoms with Gasteiger partial charge in [0, 0.05) is 28.3 Å². The Hall–Kier alpha value is -3.04. The SMILES string of the molecule is COc1cc(OC)cc(C(=O)N2CSC[C@@H]2C(=O)NCc2csc(-c3ccccc3)n2)c1. The number of hydrogen-bond acceptors (Lipinski definition) is 7. The summed E-state index contributed by atoms with van der Waals surface area (Å²) >= 11 is 3.09. The third kappa shape index (κ3) is 4.89. The smallest absolute Gasteiger partial charge is 0.255 e. The van der Waals surface area contributed by atoms with Crippen molar-refractivity contribution in [2.24, 2.45) is 0 Å². The van der Waals surface area contributed by atoms with Gasteiger partial charge in [-0.25, -0.2) is 4.98 Å². The zero-order valence-electron chi connectivity index (χ0n) is 17.7. The maximum absolute atomic E-state index is 13.1. The molecule has 0 unspecified atom stereocenters. The minimum atomic E-state index is -0.545. The summed E-state index contributed by atoms with van der Waals surface area (Å²) in [4.78, 5) is 32.2. The first kappa shape index (κ1) is 22.2. The highest BCUT2D eigenvalue weighted by Crippen LogP contribution is 2.28. The third-order valence-electron chi connectivity index (χ3n) is 5.06. The lowest BCUT2D eigenvalue weighted by Crippen LogP contribution is -2.47. The molecule has 1 fully saturated rings. The minimum absolute atomic E-state index is 0.188. The molecule has 1 aliphatic heterocycles. The number of aromatic nitrogens is 1. The molecular formula is C23H23N3O4S2. The fourth-order valence-electron chi connectivity index (χ4n) is 3.35. The van der Waals surface area contributed by atoms with E-state index in [0.29, 0.717) is 35.2 Å². The number of carbonyl (C=O) groups excluding carboxylic acids is 2. The molecule has 0 radical (unpaired) electrons. The van der Waals surface area contributed by atoms with Crippen molar-refractivity contribution in [3.05, 3.63) is 65.2 Å². The van der Waals surface area contributed by atoms with Crippen molar-refractivity contribution in [2.75, 3.05) is 25.8 Å². The summed E-state index contributed by atoms with van der Waals surface area (Å²) in [5.74, 6) is 1.63. The average molecular weight is 470 g/mol.